The van der Waals surface area contributed by atoms with Crippen LogP contribution in [0.2, 0.25) is 0 Å². The molecule has 0 bridgehead atoms. The molecule has 0 radical (unpaired) electrons. The highest BCUT2D eigenvalue weighted by Gasteiger charge is 2.13. The van der Waals surface area contributed by atoms with Crippen LogP contribution in [0.15, 0.2) is 6.07 Å². The lowest BCUT2D eigenvalue weighted by atomic mass is 10.0. The van der Waals surface area contributed by atoms with Gasteiger partial charge in [-0.3, -0.25) is 0 Å². The third-order valence-corrected chi connectivity index (χ3v) is 4.16. The number of thiophene rings is 1. The molecule has 2 heterocycles. The van der Waals surface area contributed by atoms with Crippen LogP contribution in [0.5, 0.6) is 0 Å². The molecule has 0 spiro atoms. The van der Waals surface area contributed by atoms with Crippen molar-refractivity contribution in [3.63, 3.8) is 0 Å². The predicted molar refractivity (Wildman–Crippen MR) is 69.0 cm³/mol. The Morgan fingerprint density at radius 1 is 1.50 bits per heavy atom. The van der Waals surface area contributed by atoms with Crippen LogP contribution < -0.4 is 5.32 Å². The molecular formula is C13H21NOS. The van der Waals surface area contributed by atoms with E-state index in [9.17, 15) is 0 Å². The van der Waals surface area contributed by atoms with Crippen molar-refractivity contribution in [1.29, 1.82) is 0 Å². The molecule has 1 aromatic rings. The summed E-state index contributed by atoms with van der Waals surface area (Å²) >= 11 is 1.89. The maximum atomic E-state index is 5.47. The molecule has 1 aliphatic rings. The van der Waals surface area contributed by atoms with Gasteiger partial charge < -0.3 is 10.1 Å². The summed E-state index contributed by atoms with van der Waals surface area (Å²) < 4.78 is 5.47. The van der Waals surface area contributed by atoms with Gasteiger partial charge in [0.2, 0.25) is 0 Å². The third kappa shape index (κ3) is 3.30. The molecule has 1 aromatic heterocycles. The van der Waals surface area contributed by atoms with E-state index in [0.717, 1.165) is 26.3 Å². The molecule has 90 valence electrons. The Morgan fingerprint density at radius 2 is 2.38 bits per heavy atom. The molecule has 2 nitrogen and oxygen atoms in total. The monoisotopic (exact) mass is 239 g/mol. The van der Waals surface area contributed by atoms with Gasteiger partial charge >= 0.3 is 0 Å². The van der Waals surface area contributed by atoms with Crippen molar-refractivity contribution < 1.29 is 4.74 Å². The van der Waals surface area contributed by atoms with Gasteiger partial charge in [0.15, 0.2) is 0 Å². The van der Waals surface area contributed by atoms with Crippen molar-refractivity contribution in [2.45, 2.75) is 33.2 Å². The summed E-state index contributed by atoms with van der Waals surface area (Å²) in [6.45, 7) is 8.38. The lowest BCUT2D eigenvalue weighted by molar-refractivity contribution is 0.0547. The van der Waals surface area contributed by atoms with Crippen LogP contribution in [-0.4, -0.2) is 19.8 Å². The molecule has 0 saturated carbocycles. The summed E-state index contributed by atoms with van der Waals surface area (Å²) in [5.41, 5.74) is 1.46. The predicted octanol–water partition coefficient (Wildman–Crippen LogP) is 2.88. The first-order chi connectivity index (χ1) is 7.75. The van der Waals surface area contributed by atoms with E-state index in [2.05, 4.69) is 25.2 Å². The van der Waals surface area contributed by atoms with Crippen molar-refractivity contribution >= 4 is 11.3 Å². The van der Waals surface area contributed by atoms with Gasteiger partial charge in [0.25, 0.3) is 0 Å². The van der Waals surface area contributed by atoms with Gasteiger partial charge in [0, 0.05) is 29.5 Å². The molecule has 1 unspecified atom stereocenters. The highest BCUT2D eigenvalue weighted by Crippen LogP contribution is 2.20. The first-order valence-electron chi connectivity index (χ1n) is 6.10. The minimum atomic E-state index is 0.716. The van der Waals surface area contributed by atoms with Crippen molar-refractivity contribution in [2.24, 2.45) is 5.92 Å². The number of ether oxygens (including phenoxy) is 1. The van der Waals surface area contributed by atoms with E-state index in [4.69, 9.17) is 4.74 Å². The van der Waals surface area contributed by atoms with Crippen molar-refractivity contribution in [3.8, 4) is 0 Å². The fraction of sp³-hybridized carbons (Fsp3) is 0.692. The van der Waals surface area contributed by atoms with Crippen molar-refractivity contribution in [3.05, 3.63) is 21.4 Å². The Balaban J connectivity index is 1.73. The smallest absolute Gasteiger partial charge is 0.0506 e. The molecule has 1 atom stereocenters. The first-order valence-corrected chi connectivity index (χ1v) is 6.91. The summed E-state index contributed by atoms with van der Waals surface area (Å²) in [6.07, 6.45) is 2.54. The largest absolute Gasteiger partial charge is 0.381 e. The van der Waals surface area contributed by atoms with E-state index in [-0.39, 0.29) is 0 Å². The number of hydrogen-bond donors (Lipinski definition) is 1. The summed E-state index contributed by atoms with van der Waals surface area (Å²) in [4.78, 5) is 2.86. The van der Waals surface area contributed by atoms with Crippen LogP contribution in [0.1, 0.15) is 28.2 Å². The fourth-order valence-corrected chi connectivity index (χ4v) is 3.18. The molecular weight excluding hydrogens is 218 g/mol. The highest BCUT2D eigenvalue weighted by atomic mass is 32.1. The van der Waals surface area contributed by atoms with E-state index in [0.29, 0.717) is 5.92 Å². The lowest BCUT2D eigenvalue weighted by Gasteiger charge is -2.22. The number of hydrogen-bond acceptors (Lipinski definition) is 3. The summed E-state index contributed by atoms with van der Waals surface area (Å²) in [7, 11) is 0. The van der Waals surface area contributed by atoms with Gasteiger partial charge in [-0.1, -0.05) is 0 Å². The van der Waals surface area contributed by atoms with Gasteiger partial charge in [-0.05, 0) is 44.2 Å². The number of nitrogens with one attached hydrogen (secondary N) is 1. The second-order valence-corrected chi connectivity index (χ2v) is 6.11. The average Bonchev–Trinajstić information content (AvgIpc) is 2.59. The summed E-state index contributed by atoms with van der Waals surface area (Å²) in [5.74, 6) is 0.716. The van der Waals surface area contributed by atoms with E-state index >= 15 is 0 Å². The normalized spacial score (nSPS) is 21.2. The Bertz CT molecular complexity index is 329. The van der Waals surface area contributed by atoms with Gasteiger partial charge in [-0.2, -0.15) is 0 Å². The molecule has 1 fully saturated rings. The van der Waals surface area contributed by atoms with E-state index in [1.54, 1.807) is 0 Å². The van der Waals surface area contributed by atoms with E-state index in [1.807, 2.05) is 11.3 Å². The fourth-order valence-electron chi connectivity index (χ4n) is 2.24. The van der Waals surface area contributed by atoms with Crippen molar-refractivity contribution in [2.75, 3.05) is 19.8 Å². The van der Waals surface area contributed by atoms with Crippen LogP contribution in [-0.2, 0) is 11.3 Å². The maximum Gasteiger partial charge on any atom is 0.0506 e. The molecule has 2 rings (SSSR count). The maximum absolute atomic E-state index is 5.47. The minimum Gasteiger partial charge on any atom is -0.381 e. The Morgan fingerprint density at radius 3 is 3.00 bits per heavy atom. The van der Waals surface area contributed by atoms with Crippen LogP contribution in [0.3, 0.4) is 0 Å². The highest BCUT2D eigenvalue weighted by molar-refractivity contribution is 7.12. The Labute approximate surface area is 102 Å². The van der Waals surface area contributed by atoms with E-state index < -0.39 is 0 Å². The topological polar surface area (TPSA) is 21.3 Å². The van der Waals surface area contributed by atoms with Gasteiger partial charge in [0.05, 0.1) is 6.61 Å². The minimum absolute atomic E-state index is 0.716. The zero-order valence-corrected chi connectivity index (χ0v) is 11.0. The van der Waals surface area contributed by atoms with Crippen LogP contribution in [0, 0.1) is 19.8 Å². The third-order valence-electron chi connectivity index (χ3n) is 3.15. The molecule has 0 amide bonds. The lowest BCUT2D eigenvalue weighted by Crippen LogP contribution is -2.28. The second-order valence-electron chi connectivity index (χ2n) is 4.65. The zero-order chi connectivity index (χ0) is 11.4. The van der Waals surface area contributed by atoms with Gasteiger partial charge in [0.1, 0.15) is 0 Å². The summed E-state index contributed by atoms with van der Waals surface area (Å²) in [5, 5.41) is 3.55. The first kappa shape index (κ1) is 12.1. The van der Waals surface area contributed by atoms with Crippen LogP contribution >= 0.6 is 11.3 Å². The van der Waals surface area contributed by atoms with Gasteiger partial charge in [-0.25, -0.2) is 0 Å². The Hall–Kier alpha value is -0.380. The quantitative estimate of drug-likeness (QED) is 0.872. The average molecular weight is 239 g/mol. The molecule has 0 aromatic carbocycles. The Kier molecular flexibility index (Phi) is 4.38. The van der Waals surface area contributed by atoms with Crippen LogP contribution in [0.4, 0.5) is 0 Å². The van der Waals surface area contributed by atoms with Gasteiger partial charge in [-0.15, -0.1) is 11.3 Å². The second kappa shape index (κ2) is 5.80. The SMILES string of the molecule is Cc1cc(CNCC2CCCOC2)c(C)s1. The van der Waals surface area contributed by atoms with Crippen molar-refractivity contribution in [1.82, 2.24) is 5.32 Å². The molecule has 3 heteroatoms. The molecule has 1 aliphatic heterocycles. The molecule has 16 heavy (non-hydrogen) atoms. The molecule has 1 saturated heterocycles. The summed E-state index contributed by atoms with van der Waals surface area (Å²) in [6, 6.07) is 2.30. The van der Waals surface area contributed by atoms with Crippen LogP contribution in [0.25, 0.3) is 0 Å². The molecule has 0 aliphatic carbocycles. The standard InChI is InChI=1S/C13H21NOS/c1-10-6-13(11(2)16-10)8-14-7-12-4-3-5-15-9-12/h6,12,14H,3-5,7-9H2,1-2H3. The number of aryl methyl sites for hydroxylation is 2. The molecule has 1 N–H and O–H groups in total. The number of rotatable bonds is 4. The zero-order valence-electron chi connectivity index (χ0n) is 10.2. The van der Waals surface area contributed by atoms with E-state index in [1.165, 1.54) is 28.2 Å².